The summed E-state index contributed by atoms with van der Waals surface area (Å²) in [7, 11) is 0. The summed E-state index contributed by atoms with van der Waals surface area (Å²) < 4.78 is 0. The van der Waals surface area contributed by atoms with Gasteiger partial charge in [-0.25, -0.2) is 0 Å². The topological polar surface area (TPSA) is 3.24 Å². The summed E-state index contributed by atoms with van der Waals surface area (Å²) in [6.45, 7) is 11.1. The van der Waals surface area contributed by atoms with Gasteiger partial charge >= 0.3 is 0 Å². The van der Waals surface area contributed by atoms with Crippen molar-refractivity contribution in [1.82, 2.24) is 4.90 Å². The molecule has 0 saturated carbocycles. The van der Waals surface area contributed by atoms with Gasteiger partial charge in [0.05, 0.1) is 0 Å². The Hall–Kier alpha value is -0.0400. The molecular weight excluding hydrogens is 470 g/mol. The highest BCUT2D eigenvalue weighted by Crippen LogP contribution is 2.15. The molecule has 0 aliphatic heterocycles. The van der Waals surface area contributed by atoms with Crippen molar-refractivity contribution in [3.05, 3.63) is 0 Å². The maximum absolute atomic E-state index is 2.85. The van der Waals surface area contributed by atoms with Gasteiger partial charge in [0, 0.05) is 0 Å². The van der Waals surface area contributed by atoms with Gasteiger partial charge in [-0.1, -0.05) is 207 Å². The zero-order chi connectivity index (χ0) is 28.3. The summed E-state index contributed by atoms with van der Waals surface area (Å²) in [4.78, 5) is 2.85. The van der Waals surface area contributed by atoms with Crippen LogP contribution in [0.4, 0.5) is 0 Å². The minimum Gasteiger partial charge on any atom is -0.303 e. The highest BCUT2D eigenvalue weighted by atomic mass is 15.1. The van der Waals surface area contributed by atoms with E-state index in [-0.39, 0.29) is 0 Å². The average Bonchev–Trinajstić information content (AvgIpc) is 2.95. The Bertz CT molecular complexity index is 382. The molecule has 0 aromatic rings. The second-order valence-electron chi connectivity index (χ2n) is 13.1. The molecule has 0 amide bonds. The van der Waals surface area contributed by atoms with Gasteiger partial charge in [-0.15, -0.1) is 0 Å². The molecule has 0 bridgehead atoms. The van der Waals surface area contributed by atoms with E-state index in [1.807, 2.05) is 0 Å². The van der Waals surface area contributed by atoms with E-state index in [2.05, 4.69) is 25.7 Å². The Kier molecular flexibility index (Phi) is 35.9. The number of unbranched alkanes of at least 4 members (excludes halogenated alkanes) is 29. The molecule has 0 aliphatic carbocycles. The van der Waals surface area contributed by atoms with Crippen LogP contribution in [0.25, 0.3) is 0 Å². The largest absolute Gasteiger partial charge is 0.303 e. The molecule has 0 rings (SSSR count). The van der Waals surface area contributed by atoms with Crippen LogP contribution in [-0.2, 0) is 0 Å². The highest BCUT2D eigenvalue weighted by molar-refractivity contribution is 4.61. The first-order valence-electron chi connectivity index (χ1n) is 19.1. The van der Waals surface area contributed by atoms with Crippen LogP contribution in [0.1, 0.15) is 226 Å². The second-order valence-corrected chi connectivity index (χ2v) is 13.1. The number of nitrogens with zero attached hydrogens (tertiary/aromatic N) is 1. The number of hydrogen-bond acceptors (Lipinski definition) is 1. The van der Waals surface area contributed by atoms with Crippen LogP contribution in [0.15, 0.2) is 0 Å². The van der Waals surface area contributed by atoms with Crippen molar-refractivity contribution in [2.75, 3.05) is 19.6 Å². The quantitative estimate of drug-likeness (QED) is 0.0710. The molecule has 0 spiro atoms. The summed E-state index contributed by atoms with van der Waals surface area (Å²) in [5, 5.41) is 0. The third-order valence-corrected chi connectivity index (χ3v) is 8.98. The maximum atomic E-state index is 2.85. The third kappa shape index (κ3) is 34.1. The molecule has 0 aromatic heterocycles. The van der Waals surface area contributed by atoms with Crippen LogP contribution in [0, 0.1) is 0 Å². The van der Waals surface area contributed by atoms with Crippen LogP contribution in [0.3, 0.4) is 0 Å². The van der Waals surface area contributed by atoms with E-state index in [4.69, 9.17) is 0 Å². The van der Waals surface area contributed by atoms with Gasteiger partial charge in [0.15, 0.2) is 0 Å². The van der Waals surface area contributed by atoms with Crippen LogP contribution < -0.4 is 0 Å². The van der Waals surface area contributed by atoms with Crippen molar-refractivity contribution in [3.63, 3.8) is 0 Å². The summed E-state index contributed by atoms with van der Waals surface area (Å²) >= 11 is 0. The summed E-state index contributed by atoms with van der Waals surface area (Å²) in [5.41, 5.74) is 0. The van der Waals surface area contributed by atoms with E-state index >= 15 is 0 Å². The van der Waals surface area contributed by atoms with Crippen molar-refractivity contribution in [2.45, 2.75) is 226 Å². The summed E-state index contributed by atoms with van der Waals surface area (Å²) in [6.07, 6.45) is 46.6. The molecule has 0 fully saturated rings. The van der Waals surface area contributed by atoms with Crippen molar-refractivity contribution >= 4 is 0 Å². The lowest BCUT2D eigenvalue weighted by Crippen LogP contribution is -2.27. The van der Waals surface area contributed by atoms with Gasteiger partial charge < -0.3 is 4.90 Å². The normalized spacial score (nSPS) is 11.7. The molecule has 0 heterocycles. The number of rotatable bonds is 35. The lowest BCUT2D eigenvalue weighted by Gasteiger charge is -2.22. The van der Waals surface area contributed by atoms with Gasteiger partial charge in [-0.2, -0.15) is 0 Å². The SMILES string of the molecule is CCCCCCCCCCCCCCN(CCCCCCCCCCCC)CCCCCCCCCCCC. The Morgan fingerprint density at radius 1 is 0.205 bits per heavy atom. The van der Waals surface area contributed by atoms with E-state index in [1.165, 1.54) is 225 Å². The van der Waals surface area contributed by atoms with E-state index in [9.17, 15) is 0 Å². The molecule has 0 N–H and O–H groups in total. The Morgan fingerprint density at radius 2 is 0.359 bits per heavy atom. The lowest BCUT2D eigenvalue weighted by atomic mass is 10.0. The molecule has 236 valence electrons. The van der Waals surface area contributed by atoms with Gasteiger partial charge in [0.1, 0.15) is 0 Å². The predicted molar refractivity (Wildman–Crippen MR) is 181 cm³/mol. The first-order chi connectivity index (χ1) is 19.3. The van der Waals surface area contributed by atoms with Crippen molar-refractivity contribution in [1.29, 1.82) is 0 Å². The van der Waals surface area contributed by atoms with Gasteiger partial charge in [-0.05, 0) is 38.9 Å². The van der Waals surface area contributed by atoms with Crippen molar-refractivity contribution in [2.24, 2.45) is 0 Å². The molecule has 0 aromatic carbocycles. The van der Waals surface area contributed by atoms with E-state index in [0.717, 1.165) is 0 Å². The monoisotopic (exact) mass is 550 g/mol. The maximum Gasteiger partial charge on any atom is -0.00187 e. The molecule has 0 aliphatic rings. The average molecular weight is 550 g/mol. The molecule has 0 unspecified atom stereocenters. The van der Waals surface area contributed by atoms with Crippen LogP contribution >= 0.6 is 0 Å². The molecule has 1 heteroatoms. The summed E-state index contributed by atoms with van der Waals surface area (Å²) in [6, 6.07) is 0. The summed E-state index contributed by atoms with van der Waals surface area (Å²) in [5.74, 6) is 0. The fourth-order valence-electron chi connectivity index (χ4n) is 6.16. The third-order valence-electron chi connectivity index (χ3n) is 8.98. The van der Waals surface area contributed by atoms with Crippen LogP contribution in [0.2, 0.25) is 0 Å². The van der Waals surface area contributed by atoms with Crippen molar-refractivity contribution < 1.29 is 0 Å². The molecule has 39 heavy (non-hydrogen) atoms. The fraction of sp³-hybridized carbons (Fsp3) is 1.00. The first-order valence-corrected chi connectivity index (χ1v) is 19.1. The van der Waals surface area contributed by atoms with E-state index in [0.29, 0.717) is 0 Å². The van der Waals surface area contributed by atoms with Gasteiger partial charge in [-0.3, -0.25) is 0 Å². The Balaban J connectivity index is 3.87. The van der Waals surface area contributed by atoms with Gasteiger partial charge in [0.25, 0.3) is 0 Å². The smallest absolute Gasteiger partial charge is 0.00187 e. The van der Waals surface area contributed by atoms with Crippen LogP contribution in [0.5, 0.6) is 0 Å². The molecule has 1 nitrogen and oxygen atoms in total. The lowest BCUT2D eigenvalue weighted by molar-refractivity contribution is 0.254. The Morgan fingerprint density at radius 3 is 0.538 bits per heavy atom. The molecule has 0 saturated heterocycles. The zero-order valence-electron chi connectivity index (χ0n) is 28.2. The molecule has 0 atom stereocenters. The highest BCUT2D eigenvalue weighted by Gasteiger charge is 2.05. The second kappa shape index (κ2) is 36.0. The van der Waals surface area contributed by atoms with Crippen molar-refractivity contribution in [3.8, 4) is 0 Å². The van der Waals surface area contributed by atoms with Crippen LogP contribution in [-0.4, -0.2) is 24.5 Å². The van der Waals surface area contributed by atoms with Gasteiger partial charge in [0.2, 0.25) is 0 Å². The zero-order valence-corrected chi connectivity index (χ0v) is 28.2. The van der Waals surface area contributed by atoms with E-state index in [1.54, 1.807) is 0 Å². The fourth-order valence-corrected chi connectivity index (χ4v) is 6.16. The Labute approximate surface area is 250 Å². The minimum atomic E-state index is 1.37. The number of hydrogen-bond donors (Lipinski definition) is 0. The van der Waals surface area contributed by atoms with E-state index < -0.39 is 0 Å². The molecule has 0 radical (unpaired) electrons. The first kappa shape index (κ1) is 39.0. The minimum absolute atomic E-state index is 1.37. The standard InChI is InChI=1S/C38H79N/c1-4-7-10-13-16-19-22-23-26-29-32-35-38-39(36-33-30-27-24-20-17-14-11-8-5-2)37-34-31-28-25-21-18-15-12-9-6-3/h4-38H2,1-3H3. The molecular formula is C38H79N. The predicted octanol–water partition coefficient (Wildman–Crippen LogP) is 13.8.